The van der Waals surface area contributed by atoms with E-state index in [0.29, 0.717) is 19.3 Å². The van der Waals surface area contributed by atoms with Crippen LogP contribution in [0.5, 0.6) is 0 Å². The average molecular weight is 950 g/mol. The van der Waals surface area contributed by atoms with Gasteiger partial charge in [-0.1, -0.05) is 222 Å². The van der Waals surface area contributed by atoms with Crippen LogP contribution in [0.3, 0.4) is 0 Å². The van der Waals surface area contributed by atoms with Crippen LogP contribution in [0.25, 0.3) is 0 Å². The van der Waals surface area contributed by atoms with Crippen LogP contribution < -0.4 is 0 Å². The minimum absolute atomic E-state index is 0.0928. The summed E-state index contributed by atoms with van der Waals surface area (Å²) in [6.45, 7) is 6.58. The van der Waals surface area contributed by atoms with Crippen molar-refractivity contribution in [2.75, 3.05) is 13.2 Å². The van der Waals surface area contributed by atoms with Crippen molar-refractivity contribution < 1.29 is 28.6 Å². The molecule has 0 amide bonds. The Balaban J connectivity index is 4.46. The van der Waals surface area contributed by atoms with Gasteiger partial charge in [-0.05, 0) is 116 Å². The first-order valence-electron chi connectivity index (χ1n) is 28.9. The summed E-state index contributed by atoms with van der Waals surface area (Å²) in [6.07, 6.45) is 71.7. The lowest BCUT2D eigenvalue weighted by Gasteiger charge is -2.18. The molecule has 0 spiro atoms. The molecule has 0 heterocycles. The molecule has 0 aromatic carbocycles. The monoisotopic (exact) mass is 949 g/mol. The second kappa shape index (κ2) is 56.4. The van der Waals surface area contributed by atoms with Gasteiger partial charge in [-0.25, -0.2) is 0 Å². The minimum Gasteiger partial charge on any atom is -0.462 e. The van der Waals surface area contributed by atoms with Crippen LogP contribution in [0.15, 0.2) is 72.9 Å². The van der Waals surface area contributed by atoms with Crippen LogP contribution >= 0.6 is 0 Å². The molecule has 6 heteroatoms. The molecule has 1 atom stereocenters. The van der Waals surface area contributed by atoms with Gasteiger partial charge in [0.25, 0.3) is 0 Å². The zero-order valence-electron chi connectivity index (χ0n) is 44.9. The Kier molecular flexibility index (Phi) is 53.8. The van der Waals surface area contributed by atoms with Gasteiger partial charge in [0, 0.05) is 19.3 Å². The maximum absolute atomic E-state index is 12.8. The molecule has 0 N–H and O–H groups in total. The summed E-state index contributed by atoms with van der Waals surface area (Å²) in [5.74, 6) is -0.933. The van der Waals surface area contributed by atoms with E-state index in [2.05, 4.69) is 93.7 Å². The molecule has 392 valence electrons. The summed E-state index contributed by atoms with van der Waals surface area (Å²) in [5, 5.41) is 0. The number of carbonyl (C=O) groups is 3. The molecule has 0 saturated heterocycles. The molecular weight excluding hydrogens is 841 g/mol. The molecule has 0 aliphatic carbocycles. The maximum atomic E-state index is 12.8. The van der Waals surface area contributed by atoms with E-state index >= 15 is 0 Å². The van der Waals surface area contributed by atoms with Crippen molar-refractivity contribution >= 4 is 17.9 Å². The highest BCUT2D eigenvalue weighted by atomic mass is 16.6. The number of esters is 3. The summed E-state index contributed by atoms with van der Waals surface area (Å²) in [6, 6.07) is 0. The van der Waals surface area contributed by atoms with E-state index in [-0.39, 0.29) is 31.1 Å². The van der Waals surface area contributed by atoms with Gasteiger partial charge in [0.1, 0.15) is 13.2 Å². The Bertz CT molecular complexity index is 1270. The number of rotatable bonds is 52. The molecule has 0 aromatic rings. The van der Waals surface area contributed by atoms with Crippen molar-refractivity contribution in [3.8, 4) is 0 Å². The molecule has 0 aromatic heterocycles. The molecule has 0 aliphatic rings. The molecule has 68 heavy (non-hydrogen) atoms. The fraction of sp³-hybridized carbons (Fsp3) is 0.758. The third-order valence-electron chi connectivity index (χ3n) is 12.4. The number of hydrogen-bond donors (Lipinski definition) is 0. The Morgan fingerprint density at radius 1 is 0.294 bits per heavy atom. The summed E-state index contributed by atoms with van der Waals surface area (Å²) >= 11 is 0. The zero-order chi connectivity index (χ0) is 49.3. The van der Waals surface area contributed by atoms with Crippen molar-refractivity contribution in [3.05, 3.63) is 72.9 Å². The lowest BCUT2D eigenvalue weighted by Crippen LogP contribution is -2.30. The van der Waals surface area contributed by atoms with Gasteiger partial charge in [0.15, 0.2) is 6.10 Å². The van der Waals surface area contributed by atoms with Gasteiger partial charge in [-0.2, -0.15) is 0 Å². The minimum atomic E-state index is -0.796. The van der Waals surface area contributed by atoms with Crippen molar-refractivity contribution in [2.45, 2.75) is 290 Å². The van der Waals surface area contributed by atoms with Crippen molar-refractivity contribution in [1.29, 1.82) is 0 Å². The van der Waals surface area contributed by atoms with Gasteiger partial charge in [-0.15, -0.1) is 0 Å². The lowest BCUT2D eigenvalue weighted by atomic mass is 10.1. The predicted octanol–water partition coefficient (Wildman–Crippen LogP) is 19.4. The molecule has 0 saturated carbocycles. The van der Waals surface area contributed by atoms with E-state index in [1.54, 1.807) is 0 Å². The summed E-state index contributed by atoms with van der Waals surface area (Å²) in [5.41, 5.74) is 0. The first-order chi connectivity index (χ1) is 33.5. The maximum Gasteiger partial charge on any atom is 0.306 e. The predicted molar refractivity (Wildman–Crippen MR) is 293 cm³/mol. The Morgan fingerprint density at radius 3 is 0.882 bits per heavy atom. The van der Waals surface area contributed by atoms with E-state index in [0.717, 1.165) is 103 Å². The van der Waals surface area contributed by atoms with E-state index < -0.39 is 6.10 Å². The molecule has 0 unspecified atom stereocenters. The van der Waals surface area contributed by atoms with Crippen molar-refractivity contribution in [1.82, 2.24) is 0 Å². The van der Waals surface area contributed by atoms with E-state index in [9.17, 15) is 14.4 Å². The lowest BCUT2D eigenvalue weighted by molar-refractivity contribution is -0.167. The fourth-order valence-corrected chi connectivity index (χ4v) is 8.00. The van der Waals surface area contributed by atoms with E-state index in [4.69, 9.17) is 14.2 Å². The first-order valence-corrected chi connectivity index (χ1v) is 28.9. The van der Waals surface area contributed by atoms with E-state index in [1.165, 1.54) is 141 Å². The van der Waals surface area contributed by atoms with Gasteiger partial charge >= 0.3 is 17.9 Å². The molecule has 6 nitrogen and oxygen atoms in total. The van der Waals surface area contributed by atoms with Crippen LogP contribution in [0.2, 0.25) is 0 Å². The van der Waals surface area contributed by atoms with Crippen LogP contribution in [0.1, 0.15) is 284 Å². The van der Waals surface area contributed by atoms with Crippen molar-refractivity contribution in [3.63, 3.8) is 0 Å². The molecular formula is C62H108O6. The SMILES string of the molecule is CCCCC/C=C\C/C=C\C/C=C\C/C=C\CCCCCC(=O)OC[C@@H](COC(=O)CCCCCCC/C=C\CCCCCCCC)OC(=O)CCCCCCC/C=C\CCCCCCCCC. The Labute approximate surface area is 421 Å². The third kappa shape index (κ3) is 53.8. The van der Waals surface area contributed by atoms with Gasteiger partial charge in [0.2, 0.25) is 0 Å². The smallest absolute Gasteiger partial charge is 0.306 e. The number of carbonyl (C=O) groups excluding carboxylic acids is 3. The van der Waals surface area contributed by atoms with E-state index in [1.807, 2.05) is 0 Å². The average Bonchev–Trinajstić information content (AvgIpc) is 3.34. The zero-order valence-corrected chi connectivity index (χ0v) is 44.9. The highest BCUT2D eigenvalue weighted by Crippen LogP contribution is 2.14. The molecule has 0 bridgehead atoms. The first kappa shape index (κ1) is 64.8. The number of unbranched alkanes of at least 4 members (excludes halogenated alkanes) is 29. The van der Waals surface area contributed by atoms with Crippen LogP contribution in [-0.2, 0) is 28.6 Å². The highest BCUT2D eigenvalue weighted by Gasteiger charge is 2.19. The summed E-state index contributed by atoms with van der Waals surface area (Å²) < 4.78 is 16.8. The van der Waals surface area contributed by atoms with Crippen LogP contribution in [0, 0.1) is 0 Å². The molecule has 0 aliphatic heterocycles. The molecule has 0 fully saturated rings. The molecule has 0 rings (SSSR count). The second-order valence-corrected chi connectivity index (χ2v) is 19.2. The topological polar surface area (TPSA) is 78.9 Å². The van der Waals surface area contributed by atoms with Gasteiger partial charge < -0.3 is 14.2 Å². The number of hydrogen-bond acceptors (Lipinski definition) is 6. The van der Waals surface area contributed by atoms with Gasteiger partial charge in [-0.3, -0.25) is 14.4 Å². The van der Waals surface area contributed by atoms with Crippen LogP contribution in [-0.4, -0.2) is 37.2 Å². The normalized spacial score (nSPS) is 12.6. The largest absolute Gasteiger partial charge is 0.462 e. The Hall–Kier alpha value is -3.15. The van der Waals surface area contributed by atoms with Gasteiger partial charge in [0.05, 0.1) is 0 Å². The number of allylic oxidation sites excluding steroid dienone is 12. The third-order valence-corrected chi connectivity index (χ3v) is 12.4. The number of ether oxygens (including phenoxy) is 3. The fourth-order valence-electron chi connectivity index (χ4n) is 8.00. The van der Waals surface area contributed by atoms with Crippen molar-refractivity contribution in [2.24, 2.45) is 0 Å². The Morgan fingerprint density at radius 2 is 0.529 bits per heavy atom. The highest BCUT2D eigenvalue weighted by molar-refractivity contribution is 5.71. The standard InChI is InChI=1S/C62H108O6/c1-4-7-10-13-16-19-22-25-28-30-31-32-35-37-40-43-46-49-52-55-61(64)67-58-59(57-66-60(63)54-51-48-45-42-39-36-33-27-24-21-18-15-12-9-6-3)68-62(65)56-53-50-47-44-41-38-34-29-26-23-20-17-14-11-8-5-2/h16,19,25,27-29,31-34,37,40,59H,4-15,17-18,20-24,26,30,35-36,38-39,41-58H2,1-3H3/b19-16-,28-25-,32-31-,33-27-,34-29-,40-37-/t59-/m1/s1. The summed E-state index contributed by atoms with van der Waals surface area (Å²) in [7, 11) is 0. The van der Waals surface area contributed by atoms with Crippen LogP contribution in [0.4, 0.5) is 0 Å². The quantitative estimate of drug-likeness (QED) is 0.0262. The summed E-state index contributed by atoms with van der Waals surface area (Å²) in [4.78, 5) is 38.1. The molecule has 0 radical (unpaired) electrons. The second-order valence-electron chi connectivity index (χ2n) is 19.2.